The third kappa shape index (κ3) is 5.47. The third-order valence-corrected chi connectivity index (χ3v) is 7.83. The highest BCUT2D eigenvalue weighted by molar-refractivity contribution is 7.89. The largest absolute Gasteiger partial charge is 0.351 e. The average molecular weight is 431 g/mol. The van der Waals surface area contributed by atoms with Crippen LogP contribution in [0.1, 0.15) is 22.3 Å². The maximum absolute atomic E-state index is 12.9. The molecule has 2 N–H and O–H groups in total. The number of carbonyl (C=O) groups is 1. The van der Waals surface area contributed by atoms with Gasteiger partial charge in [-0.25, -0.2) is 8.42 Å². The molecule has 1 amide bonds. The van der Waals surface area contributed by atoms with Crippen LogP contribution in [-0.2, 0) is 21.2 Å². The van der Waals surface area contributed by atoms with Crippen molar-refractivity contribution in [3.63, 3.8) is 0 Å². The van der Waals surface area contributed by atoms with Crippen LogP contribution in [0.15, 0.2) is 47.4 Å². The van der Waals surface area contributed by atoms with Gasteiger partial charge in [-0.1, -0.05) is 30.3 Å². The summed E-state index contributed by atoms with van der Waals surface area (Å²) in [5.41, 5.74) is 4.54. The van der Waals surface area contributed by atoms with Crippen LogP contribution in [0.25, 0.3) is 0 Å². The first-order valence-electron chi connectivity index (χ1n) is 10.5. The van der Waals surface area contributed by atoms with Crippen molar-refractivity contribution in [3.05, 3.63) is 64.7 Å². The van der Waals surface area contributed by atoms with Gasteiger partial charge in [0.05, 0.1) is 31.1 Å². The maximum atomic E-state index is 12.9. The van der Waals surface area contributed by atoms with Crippen molar-refractivity contribution in [2.45, 2.75) is 32.1 Å². The van der Waals surface area contributed by atoms with Crippen LogP contribution in [-0.4, -0.2) is 57.9 Å². The first-order chi connectivity index (χ1) is 14.3. The number of amides is 1. The summed E-state index contributed by atoms with van der Waals surface area (Å²) in [7, 11) is -3.48. The van der Waals surface area contributed by atoms with Gasteiger partial charge in [-0.15, -0.1) is 0 Å². The Hall–Kier alpha value is -2.22. The minimum absolute atomic E-state index is 0.0176. The van der Waals surface area contributed by atoms with Crippen LogP contribution in [0.3, 0.4) is 0 Å². The summed E-state index contributed by atoms with van der Waals surface area (Å²) < 4.78 is 27.4. The molecule has 0 bridgehead atoms. The number of quaternary nitrogens is 1. The van der Waals surface area contributed by atoms with Gasteiger partial charge in [0.15, 0.2) is 6.54 Å². The number of rotatable bonds is 7. The molecule has 6 nitrogen and oxygen atoms in total. The number of hydrogen-bond donors (Lipinski definition) is 2. The summed E-state index contributed by atoms with van der Waals surface area (Å²) >= 11 is 0. The standard InChI is InChI=1S/C23H31N3O3S/c1-18-8-9-22(16-20(18)3)30(28,29)26-14-12-25(13-15-26)17-23(27)24-11-10-21-7-5-4-6-19(21)2/h4-9,16H,10-15,17H2,1-3H3,(H,24,27)/p+1. The molecule has 1 aliphatic heterocycles. The highest BCUT2D eigenvalue weighted by Gasteiger charge is 2.31. The fraction of sp³-hybridized carbons (Fsp3) is 0.435. The quantitative estimate of drug-likeness (QED) is 0.685. The SMILES string of the molecule is Cc1ccc(S(=O)(=O)N2CC[NH+](CC(=O)NCCc3ccccc3C)CC2)cc1C. The van der Waals surface area contributed by atoms with Crippen molar-refractivity contribution >= 4 is 15.9 Å². The van der Waals surface area contributed by atoms with E-state index >= 15 is 0 Å². The zero-order valence-electron chi connectivity index (χ0n) is 18.1. The van der Waals surface area contributed by atoms with E-state index in [0.29, 0.717) is 44.2 Å². The number of benzene rings is 2. The second kappa shape index (κ2) is 9.73. The molecule has 3 rings (SSSR count). The first kappa shape index (κ1) is 22.5. The molecule has 0 aromatic heterocycles. The molecule has 7 heteroatoms. The zero-order chi connectivity index (χ0) is 21.7. The lowest BCUT2D eigenvalue weighted by molar-refractivity contribution is -0.895. The molecule has 0 aliphatic carbocycles. The van der Waals surface area contributed by atoms with E-state index < -0.39 is 10.0 Å². The summed E-state index contributed by atoms with van der Waals surface area (Å²) in [6, 6.07) is 13.5. The molecular formula is C23H32N3O3S+. The van der Waals surface area contributed by atoms with Gasteiger partial charge in [0.2, 0.25) is 10.0 Å². The monoisotopic (exact) mass is 430 g/mol. The Morgan fingerprint density at radius 3 is 2.37 bits per heavy atom. The number of nitrogens with zero attached hydrogens (tertiary/aromatic N) is 1. The molecular weight excluding hydrogens is 398 g/mol. The number of sulfonamides is 1. The third-order valence-electron chi connectivity index (χ3n) is 5.93. The van der Waals surface area contributed by atoms with Gasteiger partial charge in [-0.05, 0) is 61.6 Å². The molecule has 0 radical (unpaired) electrons. The van der Waals surface area contributed by atoms with Crippen LogP contribution < -0.4 is 10.2 Å². The number of carbonyl (C=O) groups excluding carboxylic acids is 1. The molecule has 162 valence electrons. The van der Waals surface area contributed by atoms with Gasteiger partial charge in [-0.2, -0.15) is 4.31 Å². The van der Waals surface area contributed by atoms with E-state index in [9.17, 15) is 13.2 Å². The Morgan fingerprint density at radius 2 is 1.70 bits per heavy atom. The van der Waals surface area contributed by atoms with Gasteiger partial charge in [0.25, 0.3) is 5.91 Å². The molecule has 0 unspecified atom stereocenters. The Kier molecular flexibility index (Phi) is 7.28. The first-order valence-corrected chi connectivity index (χ1v) is 11.9. The summed E-state index contributed by atoms with van der Waals surface area (Å²) in [4.78, 5) is 13.8. The Balaban J connectivity index is 1.46. The fourth-order valence-corrected chi connectivity index (χ4v) is 5.29. The second-order valence-corrected chi connectivity index (χ2v) is 10.0. The van der Waals surface area contributed by atoms with Crippen molar-refractivity contribution in [3.8, 4) is 0 Å². The van der Waals surface area contributed by atoms with Gasteiger partial charge in [-0.3, -0.25) is 4.79 Å². The lowest BCUT2D eigenvalue weighted by Gasteiger charge is -2.31. The lowest BCUT2D eigenvalue weighted by atomic mass is 10.1. The number of aryl methyl sites for hydroxylation is 3. The molecule has 1 heterocycles. The molecule has 0 spiro atoms. The summed E-state index contributed by atoms with van der Waals surface area (Å²) in [5.74, 6) is 0.0176. The topological polar surface area (TPSA) is 70.9 Å². The van der Waals surface area contributed by atoms with Crippen molar-refractivity contribution < 1.29 is 18.1 Å². The number of nitrogens with one attached hydrogen (secondary N) is 2. The molecule has 0 atom stereocenters. The Labute approximate surface area is 179 Å². The number of hydrogen-bond acceptors (Lipinski definition) is 3. The van der Waals surface area contributed by atoms with Crippen LogP contribution in [0.5, 0.6) is 0 Å². The van der Waals surface area contributed by atoms with E-state index in [4.69, 9.17) is 0 Å². The van der Waals surface area contributed by atoms with Crippen LogP contribution in [0.2, 0.25) is 0 Å². The minimum Gasteiger partial charge on any atom is -0.351 e. The average Bonchev–Trinajstić information content (AvgIpc) is 2.72. The lowest BCUT2D eigenvalue weighted by Crippen LogP contribution is -3.15. The van der Waals surface area contributed by atoms with E-state index in [1.165, 1.54) is 15.4 Å². The normalized spacial score (nSPS) is 15.8. The predicted molar refractivity (Wildman–Crippen MR) is 118 cm³/mol. The minimum atomic E-state index is -3.48. The number of piperazine rings is 1. The van der Waals surface area contributed by atoms with E-state index in [-0.39, 0.29) is 5.91 Å². The molecule has 1 aliphatic rings. The summed E-state index contributed by atoms with van der Waals surface area (Å²) in [5, 5.41) is 2.99. The molecule has 2 aromatic carbocycles. The molecule has 1 saturated heterocycles. The highest BCUT2D eigenvalue weighted by atomic mass is 32.2. The van der Waals surface area contributed by atoms with Crippen molar-refractivity contribution in [2.75, 3.05) is 39.3 Å². The Bertz CT molecular complexity index is 997. The van der Waals surface area contributed by atoms with Crippen LogP contribution >= 0.6 is 0 Å². The van der Waals surface area contributed by atoms with E-state index in [0.717, 1.165) is 22.4 Å². The summed E-state index contributed by atoms with van der Waals surface area (Å²) in [6.45, 7) is 9.10. The van der Waals surface area contributed by atoms with Gasteiger partial charge >= 0.3 is 0 Å². The van der Waals surface area contributed by atoms with Crippen molar-refractivity contribution in [1.82, 2.24) is 9.62 Å². The highest BCUT2D eigenvalue weighted by Crippen LogP contribution is 2.19. The molecule has 0 saturated carbocycles. The Morgan fingerprint density at radius 1 is 1.00 bits per heavy atom. The van der Waals surface area contributed by atoms with E-state index in [1.807, 2.05) is 32.0 Å². The van der Waals surface area contributed by atoms with Gasteiger partial charge < -0.3 is 10.2 Å². The van der Waals surface area contributed by atoms with Gasteiger partial charge in [0, 0.05) is 6.54 Å². The van der Waals surface area contributed by atoms with Crippen molar-refractivity contribution in [1.29, 1.82) is 0 Å². The smallest absolute Gasteiger partial charge is 0.275 e. The zero-order valence-corrected chi connectivity index (χ0v) is 18.9. The second-order valence-electron chi connectivity index (χ2n) is 8.10. The van der Waals surface area contributed by atoms with Crippen molar-refractivity contribution in [2.24, 2.45) is 0 Å². The molecule has 30 heavy (non-hydrogen) atoms. The van der Waals surface area contributed by atoms with Crippen LogP contribution in [0.4, 0.5) is 0 Å². The maximum Gasteiger partial charge on any atom is 0.275 e. The predicted octanol–water partition coefficient (Wildman–Crippen LogP) is 0.860. The van der Waals surface area contributed by atoms with E-state index in [1.54, 1.807) is 12.1 Å². The fourth-order valence-electron chi connectivity index (χ4n) is 3.76. The molecule has 2 aromatic rings. The van der Waals surface area contributed by atoms with E-state index in [2.05, 4.69) is 24.4 Å². The van der Waals surface area contributed by atoms with Gasteiger partial charge in [0.1, 0.15) is 0 Å². The summed E-state index contributed by atoms with van der Waals surface area (Å²) in [6.07, 6.45) is 0.815. The van der Waals surface area contributed by atoms with Crippen LogP contribution in [0, 0.1) is 20.8 Å². The molecule has 1 fully saturated rings.